The maximum absolute atomic E-state index is 11.9. The maximum atomic E-state index is 11.9. The number of aryl methyl sites for hydroxylation is 1. The average Bonchev–Trinajstić information content (AvgIpc) is 2.65. The van der Waals surface area contributed by atoms with Gasteiger partial charge in [-0.1, -0.05) is 25.7 Å². The molecule has 1 aromatic heterocycles. The van der Waals surface area contributed by atoms with E-state index in [0.29, 0.717) is 12.1 Å². The van der Waals surface area contributed by atoms with E-state index in [1.807, 2.05) is 6.92 Å². The third-order valence-corrected chi connectivity index (χ3v) is 3.69. The van der Waals surface area contributed by atoms with Gasteiger partial charge in [-0.3, -0.25) is 9.89 Å². The first-order valence-electron chi connectivity index (χ1n) is 6.61. The first-order chi connectivity index (χ1) is 8.61. The predicted octanol–water partition coefficient (Wildman–Crippen LogP) is 1.53. The van der Waals surface area contributed by atoms with Crippen LogP contribution in [0, 0.1) is 6.92 Å². The molecular formula is C13H21N3O2. The molecule has 1 aromatic rings. The normalized spacial score (nSPS) is 19.2. The smallest absolute Gasteiger partial charge is 0.254 e. The van der Waals surface area contributed by atoms with E-state index in [1.165, 1.54) is 19.0 Å². The van der Waals surface area contributed by atoms with Crippen molar-refractivity contribution in [1.29, 1.82) is 0 Å². The van der Waals surface area contributed by atoms with E-state index in [4.69, 9.17) is 0 Å². The molecule has 5 nitrogen and oxygen atoms in total. The molecule has 1 fully saturated rings. The molecule has 5 heteroatoms. The molecular weight excluding hydrogens is 230 g/mol. The molecule has 1 aliphatic carbocycles. The number of H-pyrrole nitrogens is 1. The van der Waals surface area contributed by atoms with Crippen LogP contribution in [0.1, 0.15) is 54.6 Å². The van der Waals surface area contributed by atoms with Gasteiger partial charge in [-0.25, -0.2) is 0 Å². The lowest BCUT2D eigenvalue weighted by atomic mass is 9.94. The second kappa shape index (κ2) is 5.52. The number of aromatic amines is 1. The Bertz CT molecular complexity index is 406. The van der Waals surface area contributed by atoms with Crippen molar-refractivity contribution in [3.63, 3.8) is 0 Å². The van der Waals surface area contributed by atoms with Crippen molar-refractivity contribution in [2.75, 3.05) is 6.54 Å². The van der Waals surface area contributed by atoms with Gasteiger partial charge in [-0.05, 0) is 19.8 Å². The molecule has 0 aromatic carbocycles. The number of hydrogen-bond acceptors (Lipinski definition) is 3. The summed E-state index contributed by atoms with van der Waals surface area (Å²) >= 11 is 0. The lowest BCUT2D eigenvalue weighted by Crippen LogP contribution is -2.42. The number of carbonyl (C=O) groups is 1. The largest absolute Gasteiger partial charge is 0.388 e. The number of amides is 1. The van der Waals surface area contributed by atoms with Crippen molar-refractivity contribution in [3.8, 4) is 0 Å². The Morgan fingerprint density at radius 2 is 2.11 bits per heavy atom. The number of nitrogens with one attached hydrogen (secondary N) is 2. The van der Waals surface area contributed by atoms with Crippen molar-refractivity contribution in [3.05, 3.63) is 17.5 Å². The van der Waals surface area contributed by atoms with Gasteiger partial charge in [0.05, 0.1) is 17.4 Å². The van der Waals surface area contributed by atoms with Crippen LogP contribution in [0.3, 0.4) is 0 Å². The predicted molar refractivity (Wildman–Crippen MR) is 68.3 cm³/mol. The van der Waals surface area contributed by atoms with Gasteiger partial charge in [0.1, 0.15) is 0 Å². The van der Waals surface area contributed by atoms with E-state index in [2.05, 4.69) is 15.5 Å². The molecule has 0 bridgehead atoms. The Morgan fingerprint density at radius 3 is 2.67 bits per heavy atom. The zero-order chi connectivity index (χ0) is 13.0. The highest BCUT2D eigenvalue weighted by Crippen LogP contribution is 2.26. The molecule has 1 aliphatic rings. The molecule has 2 rings (SSSR count). The lowest BCUT2D eigenvalue weighted by Gasteiger charge is -2.26. The third-order valence-electron chi connectivity index (χ3n) is 3.69. The van der Waals surface area contributed by atoms with Gasteiger partial charge < -0.3 is 10.4 Å². The highest BCUT2D eigenvalue weighted by atomic mass is 16.3. The summed E-state index contributed by atoms with van der Waals surface area (Å²) in [5, 5.41) is 19.8. The molecule has 0 radical (unpaired) electrons. The summed E-state index contributed by atoms with van der Waals surface area (Å²) in [6.45, 7) is 2.14. The SMILES string of the molecule is Cc1[nH]ncc1C(=O)NCC1(O)CCCCCC1. The molecule has 0 spiro atoms. The Morgan fingerprint density at radius 1 is 1.44 bits per heavy atom. The fourth-order valence-electron chi connectivity index (χ4n) is 2.48. The summed E-state index contributed by atoms with van der Waals surface area (Å²) < 4.78 is 0. The standard InChI is InChI=1S/C13H21N3O2/c1-10-11(8-15-16-10)12(17)14-9-13(18)6-4-2-3-5-7-13/h8,18H,2-7,9H2,1H3,(H,14,17)(H,15,16). The fraction of sp³-hybridized carbons (Fsp3) is 0.692. The first kappa shape index (κ1) is 13.1. The van der Waals surface area contributed by atoms with Gasteiger partial charge in [-0.2, -0.15) is 5.10 Å². The monoisotopic (exact) mass is 251 g/mol. The van der Waals surface area contributed by atoms with Crippen LogP contribution < -0.4 is 5.32 Å². The summed E-state index contributed by atoms with van der Waals surface area (Å²) in [6.07, 6.45) is 7.50. The second-order valence-electron chi connectivity index (χ2n) is 5.23. The molecule has 0 unspecified atom stereocenters. The first-order valence-corrected chi connectivity index (χ1v) is 6.61. The third kappa shape index (κ3) is 3.10. The maximum Gasteiger partial charge on any atom is 0.254 e. The second-order valence-corrected chi connectivity index (χ2v) is 5.23. The van der Waals surface area contributed by atoms with Gasteiger partial charge >= 0.3 is 0 Å². The lowest BCUT2D eigenvalue weighted by molar-refractivity contribution is 0.0246. The Kier molecular flexibility index (Phi) is 4.01. The number of carbonyl (C=O) groups excluding carboxylic acids is 1. The van der Waals surface area contributed by atoms with E-state index in [9.17, 15) is 9.90 Å². The van der Waals surface area contributed by atoms with Crippen molar-refractivity contribution < 1.29 is 9.90 Å². The van der Waals surface area contributed by atoms with Crippen LogP contribution in [0.4, 0.5) is 0 Å². The molecule has 1 amide bonds. The summed E-state index contributed by atoms with van der Waals surface area (Å²) in [5.41, 5.74) is 0.566. The molecule has 0 atom stereocenters. The number of aliphatic hydroxyl groups is 1. The summed E-state index contributed by atoms with van der Waals surface area (Å²) in [6, 6.07) is 0. The Labute approximate surface area is 107 Å². The van der Waals surface area contributed by atoms with Crippen LogP contribution in [0.2, 0.25) is 0 Å². The molecule has 0 aliphatic heterocycles. The van der Waals surface area contributed by atoms with Gasteiger partial charge in [-0.15, -0.1) is 0 Å². The highest BCUT2D eigenvalue weighted by Gasteiger charge is 2.28. The Hall–Kier alpha value is -1.36. The van der Waals surface area contributed by atoms with Crippen LogP contribution in [0.25, 0.3) is 0 Å². The van der Waals surface area contributed by atoms with E-state index in [0.717, 1.165) is 31.4 Å². The fourth-order valence-corrected chi connectivity index (χ4v) is 2.48. The number of hydrogen-bond donors (Lipinski definition) is 3. The van der Waals surface area contributed by atoms with Crippen LogP contribution >= 0.6 is 0 Å². The Balaban J connectivity index is 1.90. The molecule has 3 N–H and O–H groups in total. The van der Waals surface area contributed by atoms with Crippen molar-refractivity contribution in [2.45, 2.75) is 51.0 Å². The van der Waals surface area contributed by atoms with E-state index < -0.39 is 5.60 Å². The van der Waals surface area contributed by atoms with Crippen LogP contribution in [0.15, 0.2) is 6.20 Å². The molecule has 1 heterocycles. The minimum absolute atomic E-state index is 0.168. The van der Waals surface area contributed by atoms with Crippen molar-refractivity contribution in [2.24, 2.45) is 0 Å². The number of nitrogens with zero attached hydrogens (tertiary/aromatic N) is 1. The summed E-state index contributed by atoms with van der Waals surface area (Å²) in [4.78, 5) is 11.9. The molecule has 1 saturated carbocycles. The van der Waals surface area contributed by atoms with Crippen molar-refractivity contribution >= 4 is 5.91 Å². The molecule has 18 heavy (non-hydrogen) atoms. The van der Waals surface area contributed by atoms with Crippen molar-refractivity contribution in [1.82, 2.24) is 15.5 Å². The van der Waals surface area contributed by atoms with Gasteiger partial charge in [0.2, 0.25) is 0 Å². The van der Waals surface area contributed by atoms with E-state index in [1.54, 1.807) is 0 Å². The molecule has 100 valence electrons. The number of rotatable bonds is 3. The molecule has 0 saturated heterocycles. The van der Waals surface area contributed by atoms with Crippen LogP contribution in [-0.4, -0.2) is 33.4 Å². The van der Waals surface area contributed by atoms with Gasteiger partial charge in [0.15, 0.2) is 0 Å². The van der Waals surface area contributed by atoms with Crippen LogP contribution in [-0.2, 0) is 0 Å². The summed E-state index contributed by atoms with van der Waals surface area (Å²) in [5.74, 6) is -0.168. The van der Waals surface area contributed by atoms with E-state index in [-0.39, 0.29) is 5.91 Å². The average molecular weight is 251 g/mol. The topological polar surface area (TPSA) is 78.0 Å². The van der Waals surface area contributed by atoms with E-state index >= 15 is 0 Å². The summed E-state index contributed by atoms with van der Waals surface area (Å²) in [7, 11) is 0. The zero-order valence-electron chi connectivity index (χ0n) is 10.8. The van der Waals surface area contributed by atoms with Gasteiger partial charge in [0, 0.05) is 12.2 Å². The zero-order valence-corrected chi connectivity index (χ0v) is 10.8. The minimum atomic E-state index is -0.732. The quantitative estimate of drug-likeness (QED) is 0.713. The number of aromatic nitrogens is 2. The highest BCUT2D eigenvalue weighted by molar-refractivity contribution is 5.94. The van der Waals surface area contributed by atoms with Gasteiger partial charge in [0.25, 0.3) is 5.91 Å². The van der Waals surface area contributed by atoms with Crippen LogP contribution in [0.5, 0.6) is 0 Å². The minimum Gasteiger partial charge on any atom is -0.388 e.